The van der Waals surface area contributed by atoms with Crippen molar-refractivity contribution in [2.75, 3.05) is 6.61 Å². The number of aromatic nitrogens is 3. The SMILES string of the molecule is Clc1ccc(OCC2Cn3nc(Br)nc3S2)c(Cl)c1. The van der Waals surface area contributed by atoms with Crippen LogP contribution in [0.3, 0.4) is 0 Å². The predicted molar refractivity (Wildman–Crippen MR) is 79.3 cm³/mol. The molecule has 0 bridgehead atoms. The van der Waals surface area contributed by atoms with E-state index in [1.807, 2.05) is 4.68 Å². The lowest BCUT2D eigenvalue weighted by molar-refractivity contribution is 0.307. The number of halogens is 3. The molecule has 1 unspecified atom stereocenters. The van der Waals surface area contributed by atoms with E-state index in [9.17, 15) is 0 Å². The zero-order valence-electron chi connectivity index (χ0n) is 9.52. The Labute approximate surface area is 132 Å². The zero-order chi connectivity index (χ0) is 13.4. The molecule has 0 aliphatic carbocycles. The Kier molecular flexibility index (Phi) is 3.93. The van der Waals surface area contributed by atoms with Gasteiger partial charge in [-0.3, -0.25) is 0 Å². The summed E-state index contributed by atoms with van der Waals surface area (Å²) in [6.45, 7) is 1.33. The summed E-state index contributed by atoms with van der Waals surface area (Å²) >= 11 is 16.8. The highest BCUT2D eigenvalue weighted by Gasteiger charge is 2.26. The monoisotopic (exact) mass is 379 g/mol. The molecule has 0 N–H and O–H groups in total. The average Bonchev–Trinajstić information content (AvgIpc) is 2.84. The molecule has 19 heavy (non-hydrogen) atoms. The van der Waals surface area contributed by atoms with Gasteiger partial charge in [-0.2, -0.15) is 4.98 Å². The summed E-state index contributed by atoms with van der Waals surface area (Å²) in [6.07, 6.45) is 0. The van der Waals surface area contributed by atoms with Gasteiger partial charge in [0.05, 0.1) is 16.8 Å². The molecule has 3 rings (SSSR count). The normalized spacial score (nSPS) is 17.5. The smallest absolute Gasteiger partial charge is 0.218 e. The number of hydrogen-bond acceptors (Lipinski definition) is 4. The Bertz CT molecular complexity index is 598. The number of thioether (sulfide) groups is 1. The highest BCUT2D eigenvalue weighted by Crippen LogP contribution is 2.33. The summed E-state index contributed by atoms with van der Waals surface area (Å²) in [7, 11) is 0. The maximum Gasteiger partial charge on any atom is 0.218 e. The molecule has 0 saturated carbocycles. The molecule has 8 heteroatoms. The lowest BCUT2D eigenvalue weighted by Gasteiger charge is -2.11. The Morgan fingerprint density at radius 3 is 3.05 bits per heavy atom. The lowest BCUT2D eigenvalue weighted by atomic mass is 10.3. The van der Waals surface area contributed by atoms with Gasteiger partial charge in [0, 0.05) is 5.02 Å². The fraction of sp³-hybridized carbons (Fsp3) is 0.273. The van der Waals surface area contributed by atoms with Crippen molar-refractivity contribution >= 4 is 50.9 Å². The van der Waals surface area contributed by atoms with E-state index in [2.05, 4.69) is 26.0 Å². The number of rotatable bonds is 3. The molecule has 0 amide bonds. The van der Waals surface area contributed by atoms with Crippen molar-refractivity contribution in [3.05, 3.63) is 33.0 Å². The first-order valence-electron chi connectivity index (χ1n) is 5.46. The van der Waals surface area contributed by atoms with Crippen LogP contribution in [-0.4, -0.2) is 26.6 Å². The molecule has 100 valence electrons. The lowest BCUT2D eigenvalue weighted by Crippen LogP contribution is -2.16. The van der Waals surface area contributed by atoms with Crippen LogP contribution in [0, 0.1) is 0 Å². The average molecular weight is 381 g/mol. The Morgan fingerprint density at radius 2 is 2.32 bits per heavy atom. The minimum Gasteiger partial charge on any atom is -0.491 e. The van der Waals surface area contributed by atoms with Gasteiger partial charge in [-0.25, -0.2) is 4.68 Å². The second-order valence-corrected chi connectivity index (χ2v) is 6.79. The minimum atomic E-state index is 0.287. The van der Waals surface area contributed by atoms with Gasteiger partial charge in [0.15, 0.2) is 5.16 Å². The van der Waals surface area contributed by atoms with Crippen molar-refractivity contribution in [1.29, 1.82) is 0 Å². The second kappa shape index (κ2) is 5.52. The van der Waals surface area contributed by atoms with Gasteiger partial charge in [0.25, 0.3) is 0 Å². The standard InChI is InChI=1S/C11H8BrCl2N3OS/c12-10-15-11-17(16-10)4-7(19-11)5-18-9-2-1-6(13)3-8(9)14/h1-3,7H,4-5H2. The third kappa shape index (κ3) is 3.02. The number of ether oxygens (including phenoxy) is 1. The van der Waals surface area contributed by atoms with E-state index in [0.717, 1.165) is 11.7 Å². The van der Waals surface area contributed by atoms with Crippen molar-refractivity contribution in [3.8, 4) is 5.75 Å². The van der Waals surface area contributed by atoms with Gasteiger partial charge in [0.1, 0.15) is 12.4 Å². The quantitative estimate of drug-likeness (QED) is 0.809. The van der Waals surface area contributed by atoms with E-state index in [1.165, 1.54) is 0 Å². The Balaban J connectivity index is 1.61. The number of fused-ring (bicyclic) bond motifs is 1. The number of benzene rings is 1. The van der Waals surface area contributed by atoms with E-state index in [-0.39, 0.29) is 5.25 Å². The third-order valence-corrected chi connectivity index (χ3v) is 4.58. The molecule has 1 aromatic heterocycles. The molecule has 1 aliphatic heterocycles. The van der Waals surface area contributed by atoms with E-state index < -0.39 is 0 Å². The summed E-state index contributed by atoms with van der Waals surface area (Å²) in [6, 6.07) is 5.20. The van der Waals surface area contributed by atoms with E-state index in [0.29, 0.717) is 27.1 Å². The van der Waals surface area contributed by atoms with Crippen LogP contribution >= 0.6 is 50.9 Å². The summed E-state index contributed by atoms with van der Waals surface area (Å²) < 4.78 is 8.20. The van der Waals surface area contributed by atoms with Crippen LogP contribution < -0.4 is 4.74 Å². The first kappa shape index (κ1) is 13.5. The Morgan fingerprint density at radius 1 is 1.47 bits per heavy atom. The first-order valence-corrected chi connectivity index (χ1v) is 7.89. The molecule has 0 radical (unpaired) electrons. The van der Waals surface area contributed by atoms with Crippen molar-refractivity contribution in [2.24, 2.45) is 0 Å². The number of nitrogens with zero attached hydrogens (tertiary/aromatic N) is 3. The molecule has 2 heterocycles. The maximum atomic E-state index is 6.05. The van der Waals surface area contributed by atoms with Crippen LogP contribution in [0.15, 0.2) is 28.1 Å². The Hall–Kier alpha value is -0.430. The van der Waals surface area contributed by atoms with Crippen molar-refractivity contribution in [1.82, 2.24) is 14.8 Å². The molecule has 4 nitrogen and oxygen atoms in total. The molecule has 0 fully saturated rings. The van der Waals surface area contributed by atoms with E-state index in [4.69, 9.17) is 27.9 Å². The van der Waals surface area contributed by atoms with E-state index >= 15 is 0 Å². The van der Waals surface area contributed by atoms with Crippen LogP contribution in [0.25, 0.3) is 0 Å². The first-order chi connectivity index (χ1) is 9.11. The molecule has 1 aromatic carbocycles. The molecule has 1 atom stereocenters. The van der Waals surface area contributed by atoms with Gasteiger partial charge >= 0.3 is 0 Å². The third-order valence-electron chi connectivity index (χ3n) is 2.58. The summed E-state index contributed by atoms with van der Waals surface area (Å²) in [5, 5.41) is 6.54. The largest absolute Gasteiger partial charge is 0.491 e. The summed E-state index contributed by atoms with van der Waals surface area (Å²) in [5.74, 6) is 0.644. The molecular formula is C11H8BrCl2N3OS. The molecule has 2 aromatic rings. The van der Waals surface area contributed by atoms with Crippen LogP contribution in [0.2, 0.25) is 10.0 Å². The van der Waals surface area contributed by atoms with Crippen LogP contribution in [-0.2, 0) is 6.54 Å². The molecule has 0 spiro atoms. The van der Waals surface area contributed by atoms with Gasteiger partial charge in [-0.1, -0.05) is 35.0 Å². The number of hydrogen-bond donors (Lipinski definition) is 0. The fourth-order valence-electron chi connectivity index (χ4n) is 1.75. The highest BCUT2D eigenvalue weighted by atomic mass is 79.9. The van der Waals surface area contributed by atoms with Crippen molar-refractivity contribution < 1.29 is 4.74 Å². The van der Waals surface area contributed by atoms with Gasteiger partial charge in [-0.05, 0) is 34.1 Å². The van der Waals surface area contributed by atoms with Crippen LogP contribution in [0.5, 0.6) is 5.75 Å². The minimum absolute atomic E-state index is 0.287. The van der Waals surface area contributed by atoms with Crippen molar-refractivity contribution in [2.45, 2.75) is 17.0 Å². The second-order valence-electron chi connectivity index (χ2n) is 3.97. The van der Waals surface area contributed by atoms with Gasteiger partial charge < -0.3 is 4.74 Å². The van der Waals surface area contributed by atoms with Crippen LogP contribution in [0.1, 0.15) is 0 Å². The summed E-state index contributed by atoms with van der Waals surface area (Å²) in [4.78, 5) is 4.26. The molecular weight excluding hydrogens is 373 g/mol. The van der Waals surface area contributed by atoms with Gasteiger partial charge in [-0.15, -0.1) is 5.10 Å². The molecule has 1 aliphatic rings. The molecule has 0 saturated heterocycles. The van der Waals surface area contributed by atoms with E-state index in [1.54, 1.807) is 30.0 Å². The van der Waals surface area contributed by atoms with Gasteiger partial charge in [0.2, 0.25) is 4.73 Å². The predicted octanol–water partition coefficient (Wildman–Crippen LogP) is 3.90. The summed E-state index contributed by atoms with van der Waals surface area (Å²) in [5.41, 5.74) is 0. The zero-order valence-corrected chi connectivity index (χ0v) is 13.4. The topological polar surface area (TPSA) is 39.9 Å². The van der Waals surface area contributed by atoms with Crippen LogP contribution in [0.4, 0.5) is 0 Å². The fourth-order valence-corrected chi connectivity index (χ4v) is 3.71. The highest BCUT2D eigenvalue weighted by molar-refractivity contribution is 9.10. The maximum absolute atomic E-state index is 6.05. The van der Waals surface area contributed by atoms with Crippen molar-refractivity contribution in [3.63, 3.8) is 0 Å².